The fraction of sp³-hybridized carbons (Fsp3) is 0.577. The number of amides is 1. The molecule has 2 aromatic carbocycles. The quantitative estimate of drug-likeness (QED) is 0.267. The molecule has 0 saturated carbocycles. The number of carbonyl (C=O) groups excluding carboxylic acids is 1. The van der Waals surface area contributed by atoms with Crippen LogP contribution in [0.25, 0.3) is 10.8 Å². The maximum Gasteiger partial charge on any atom is 0.243 e. The van der Waals surface area contributed by atoms with Crippen molar-refractivity contribution in [3.05, 3.63) is 47.5 Å². The van der Waals surface area contributed by atoms with Crippen molar-refractivity contribution in [2.45, 2.75) is 51.5 Å². The van der Waals surface area contributed by atoms with Gasteiger partial charge in [-0.2, -0.15) is 0 Å². The molecular weight excluding hydrogens is 400 g/mol. The molecule has 3 rings (SSSR count). The zero-order valence-corrected chi connectivity index (χ0v) is 19.8. The molecule has 1 fully saturated rings. The van der Waals surface area contributed by atoms with Gasteiger partial charge in [-0.15, -0.1) is 0 Å². The molecule has 32 heavy (non-hydrogen) atoms. The van der Waals surface area contributed by atoms with E-state index in [-0.39, 0.29) is 5.91 Å². The minimum absolute atomic E-state index is 0.299. The number of unbranched alkanes of at least 4 members (excludes halogenated alkanes) is 2. The molecule has 0 spiro atoms. The fourth-order valence-electron chi connectivity index (χ4n) is 4.86. The molecule has 1 heterocycles. The Hall–Kier alpha value is -1.99. The number of benzene rings is 2. The van der Waals surface area contributed by atoms with Crippen LogP contribution in [-0.2, 0) is 11.2 Å². The summed E-state index contributed by atoms with van der Waals surface area (Å²) >= 11 is 0. The molecule has 0 aliphatic carbocycles. The van der Waals surface area contributed by atoms with E-state index in [2.05, 4.69) is 65.5 Å². The lowest BCUT2D eigenvalue weighted by molar-refractivity contribution is -0.129. The van der Waals surface area contributed by atoms with Gasteiger partial charge in [0.1, 0.15) is 0 Å². The van der Waals surface area contributed by atoms with Crippen molar-refractivity contribution < 1.29 is 10.0 Å². The number of piperazine rings is 1. The number of nitrogens with one attached hydrogen (secondary N) is 2. The summed E-state index contributed by atoms with van der Waals surface area (Å²) < 4.78 is 0. The van der Waals surface area contributed by atoms with Crippen LogP contribution in [0, 0.1) is 0 Å². The summed E-state index contributed by atoms with van der Waals surface area (Å²) in [5, 5.41) is 14.9. The number of carbonyl (C=O) groups is 1. The van der Waals surface area contributed by atoms with Crippen LogP contribution in [0.3, 0.4) is 0 Å². The van der Waals surface area contributed by atoms with Crippen molar-refractivity contribution in [1.82, 2.24) is 20.6 Å². The van der Waals surface area contributed by atoms with E-state index in [1.165, 1.54) is 21.9 Å². The molecule has 0 radical (unpaired) electrons. The van der Waals surface area contributed by atoms with Gasteiger partial charge < -0.3 is 10.2 Å². The standard InChI is InChI=1S/C26H40N4O2/c1-3-25(30-19-17-29(2)18-20-30)24-13-12-21-9-6-7-10-22(21)23(24)14-16-27-15-8-4-5-11-26(31)28-32/h6-7,9-10,12-13,25,27,32H,3-5,8,11,14-20H2,1-2H3,(H,28,31). The van der Waals surface area contributed by atoms with Gasteiger partial charge in [0, 0.05) is 38.6 Å². The topological polar surface area (TPSA) is 67.8 Å². The number of rotatable bonds is 12. The van der Waals surface area contributed by atoms with Crippen LogP contribution >= 0.6 is 0 Å². The van der Waals surface area contributed by atoms with E-state index in [4.69, 9.17) is 5.21 Å². The molecule has 176 valence electrons. The Morgan fingerprint density at radius 1 is 1.03 bits per heavy atom. The second-order valence-corrected chi connectivity index (χ2v) is 8.96. The summed E-state index contributed by atoms with van der Waals surface area (Å²) in [7, 11) is 2.22. The molecule has 6 heteroatoms. The minimum Gasteiger partial charge on any atom is -0.316 e. The number of hydrogen-bond donors (Lipinski definition) is 3. The Balaban J connectivity index is 1.63. The van der Waals surface area contributed by atoms with Gasteiger partial charge in [0.25, 0.3) is 0 Å². The minimum atomic E-state index is -0.299. The molecule has 1 aliphatic heterocycles. The summed E-state index contributed by atoms with van der Waals surface area (Å²) in [6.07, 6.45) is 5.38. The maximum atomic E-state index is 11.1. The smallest absolute Gasteiger partial charge is 0.243 e. The Morgan fingerprint density at radius 3 is 2.56 bits per heavy atom. The first-order valence-electron chi connectivity index (χ1n) is 12.2. The second-order valence-electron chi connectivity index (χ2n) is 8.96. The third kappa shape index (κ3) is 6.75. The van der Waals surface area contributed by atoms with E-state index in [9.17, 15) is 4.79 Å². The summed E-state index contributed by atoms with van der Waals surface area (Å²) in [6, 6.07) is 13.9. The molecular formula is C26H40N4O2. The van der Waals surface area contributed by atoms with Gasteiger partial charge >= 0.3 is 0 Å². The van der Waals surface area contributed by atoms with Gasteiger partial charge in [-0.25, -0.2) is 5.48 Å². The van der Waals surface area contributed by atoms with Gasteiger partial charge in [0.2, 0.25) is 5.91 Å². The Kier molecular flexibility index (Phi) is 9.93. The van der Waals surface area contributed by atoms with Crippen LogP contribution in [0.15, 0.2) is 36.4 Å². The highest BCUT2D eigenvalue weighted by atomic mass is 16.5. The number of likely N-dealkylation sites (N-methyl/N-ethyl adjacent to an activating group) is 1. The predicted molar refractivity (Wildman–Crippen MR) is 131 cm³/mol. The third-order valence-electron chi connectivity index (χ3n) is 6.74. The van der Waals surface area contributed by atoms with Crippen LogP contribution < -0.4 is 10.8 Å². The summed E-state index contributed by atoms with van der Waals surface area (Å²) in [6.45, 7) is 8.77. The monoisotopic (exact) mass is 440 g/mol. The average Bonchev–Trinajstić information content (AvgIpc) is 2.82. The third-order valence-corrected chi connectivity index (χ3v) is 6.74. The molecule has 1 atom stereocenters. The van der Waals surface area contributed by atoms with E-state index in [0.29, 0.717) is 12.5 Å². The highest BCUT2D eigenvalue weighted by Crippen LogP contribution is 2.32. The Morgan fingerprint density at radius 2 is 1.81 bits per heavy atom. The van der Waals surface area contributed by atoms with Crippen molar-refractivity contribution in [2.75, 3.05) is 46.3 Å². The lowest BCUT2D eigenvalue weighted by atomic mass is 9.90. The normalized spacial score (nSPS) is 16.3. The average molecular weight is 441 g/mol. The van der Waals surface area contributed by atoms with E-state index in [1.807, 2.05) is 0 Å². The van der Waals surface area contributed by atoms with Gasteiger partial charge in [-0.1, -0.05) is 49.7 Å². The van der Waals surface area contributed by atoms with Crippen LogP contribution in [0.1, 0.15) is 56.2 Å². The Bertz CT molecular complexity index is 849. The zero-order valence-electron chi connectivity index (χ0n) is 19.8. The predicted octanol–water partition coefficient (Wildman–Crippen LogP) is 3.74. The first-order chi connectivity index (χ1) is 15.6. The first kappa shape index (κ1) is 24.6. The van der Waals surface area contributed by atoms with Crippen molar-refractivity contribution in [3.8, 4) is 0 Å². The first-order valence-corrected chi connectivity index (χ1v) is 12.2. The summed E-state index contributed by atoms with van der Waals surface area (Å²) in [5.74, 6) is -0.299. The van der Waals surface area contributed by atoms with Crippen molar-refractivity contribution >= 4 is 16.7 Å². The molecule has 1 saturated heterocycles. The second kappa shape index (κ2) is 12.9. The van der Waals surface area contributed by atoms with E-state index >= 15 is 0 Å². The largest absolute Gasteiger partial charge is 0.316 e. The van der Waals surface area contributed by atoms with Crippen LogP contribution in [0.2, 0.25) is 0 Å². The maximum absolute atomic E-state index is 11.1. The van der Waals surface area contributed by atoms with Crippen LogP contribution in [0.5, 0.6) is 0 Å². The van der Waals surface area contributed by atoms with E-state index < -0.39 is 0 Å². The highest BCUT2D eigenvalue weighted by Gasteiger charge is 2.25. The zero-order chi connectivity index (χ0) is 22.8. The van der Waals surface area contributed by atoms with Crippen LogP contribution in [0.4, 0.5) is 0 Å². The molecule has 3 N–H and O–H groups in total. The molecule has 1 aliphatic rings. The molecule has 6 nitrogen and oxygen atoms in total. The molecule has 0 aromatic heterocycles. The lowest BCUT2D eigenvalue weighted by Gasteiger charge is -2.38. The molecule has 2 aromatic rings. The van der Waals surface area contributed by atoms with Crippen molar-refractivity contribution in [3.63, 3.8) is 0 Å². The number of hydrogen-bond acceptors (Lipinski definition) is 5. The number of nitrogens with zero attached hydrogens (tertiary/aromatic N) is 2. The molecule has 1 unspecified atom stereocenters. The van der Waals surface area contributed by atoms with Crippen molar-refractivity contribution in [1.29, 1.82) is 0 Å². The molecule has 1 amide bonds. The number of hydroxylamine groups is 1. The van der Waals surface area contributed by atoms with Gasteiger partial charge in [0.05, 0.1) is 0 Å². The van der Waals surface area contributed by atoms with Gasteiger partial charge in [-0.3, -0.25) is 14.9 Å². The van der Waals surface area contributed by atoms with Crippen LogP contribution in [-0.4, -0.2) is 67.2 Å². The molecule has 0 bridgehead atoms. The fourth-order valence-corrected chi connectivity index (χ4v) is 4.86. The van der Waals surface area contributed by atoms with Gasteiger partial charge in [-0.05, 0) is 67.7 Å². The highest BCUT2D eigenvalue weighted by molar-refractivity contribution is 5.87. The van der Waals surface area contributed by atoms with E-state index in [0.717, 1.165) is 71.4 Å². The summed E-state index contributed by atoms with van der Waals surface area (Å²) in [4.78, 5) is 16.2. The van der Waals surface area contributed by atoms with E-state index in [1.54, 1.807) is 5.48 Å². The summed E-state index contributed by atoms with van der Waals surface area (Å²) in [5.41, 5.74) is 4.67. The Labute approximate surface area is 192 Å². The SMILES string of the molecule is CCC(c1ccc2ccccc2c1CCNCCCCCC(=O)NO)N1CCN(C)CC1. The lowest BCUT2D eigenvalue weighted by Crippen LogP contribution is -2.46. The van der Waals surface area contributed by atoms with Gasteiger partial charge in [0.15, 0.2) is 0 Å². The van der Waals surface area contributed by atoms with Crippen molar-refractivity contribution in [2.24, 2.45) is 0 Å². The number of fused-ring (bicyclic) bond motifs is 1.